The lowest BCUT2D eigenvalue weighted by molar-refractivity contribution is 0.600. The van der Waals surface area contributed by atoms with Crippen molar-refractivity contribution in [3.8, 4) is 0 Å². The number of sulfonamides is 1. The van der Waals surface area contributed by atoms with Crippen LogP contribution in [-0.2, 0) is 16.6 Å². The molecule has 1 aromatic carbocycles. The highest BCUT2D eigenvalue weighted by Gasteiger charge is 2.21. The molecule has 2 N–H and O–H groups in total. The topological polar surface area (TPSA) is 58.2 Å². The molecule has 0 bridgehead atoms. The zero-order valence-electron chi connectivity index (χ0n) is 12.0. The summed E-state index contributed by atoms with van der Waals surface area (Å²) in [5, 5.41) is 2.99. The largest absolute Gasteiger partial charge is 0.315 e. The summed E-state index contributed by atoms with van der Waals surface area (Å²) in [6.07, 6.45) is 0. The third-order valence-corrected chi connectivity index (χ3v) is 5.75. The smallest absolute Gasteiger partial charge is 0.263 e. The monoisotopic (exact) mass is 328 g/mol. The quantitative estimate of drug-likeness (QED) is 0.887. The summed E-state index contributed by atoms with van der Waals surface area (Å²) >= 11 is 1.43. The van der Waals surface area contributed by atoms with E-state index >= 15 is 0 Å². The molecule has 21 heavy (non-hydrogen) atoms. The Bertz CT molecular complexity index is 754. The Morgan fingerprint density at radius 2 is 2.00 bits per heavy atom. The Morgan fingerprint density at radius 3 is 2.67 bits per heavy atom. The number of thiophene rings is 1. The zero-order valence-corrected chi connectivity index (χ0v) is 13.7. The second kappa shape index (κ2) is 6.13. The average Bonchev–Trinajstić information content (AvgIpc) is 2.77. The molecule has 1 aromatic heterocycles. The van der Waals surface area contributed by atoms with E-state index in [0.29, 0.717) is 11.4 Å². The van der Waals surface area contributed by atoms with Crippen molar-refractivity contribution in [2.24, 2.45) is 0 Å². The van der Waals surface area contributed by atoms with Gasteiger partial charge in [-0.1, -0.05) is 6.07 Å². The van der Waals surface area contributed by atoms with E-state index in [4.69, 9.17) is 0 Å². The minimum atomic E-state index is -3.71. The second-order valence-corrected chi connectivity index (χ2v) is 7.67. The lowest BCUT2D eigenvalue weighted by atomic mass is 10.2. The number of benzene rings is 1. The molecule has 0 amide bonds. The first-order valence-corrected chi connectivity index (χ1v) is 8.67. The summed E-state index contributed by atoms with van der Waals surface area (Å²) in [4.78, 5) is 1.88. The minimum Gasteiger partial charge on any atom is -0.315 e. The fourth-order valence-electron chi connectivity index (χ4n) is 1.97. The number of nitrogens with one attached hydrogen (secondary N) is 2. The number of aryl methyl sites for hydroxylation is 1. The van der Waals surface area contributed by atoms with Gasteiger partial charge in [0.05, 0.1) is 5.69 Å². The van der Waals surface area contributed by atoms with Crippen molar-refractivity contribution in [1.29, 1.82) is 0 Å². The second-order valence-electron chi connectivity index (χ2n) is 4.68. The number of halogens is 1. The van der Waals surface area contributed by atoms with Crippen molar-refractivity contribution >= 4 is 27.0 Å². The van der Waals surface area contributed by atoms with Crippen molar-refractivity contribution in [2.75, 3.05) is 11.8 Å². The van der Waals surface area contributed by atoms with Crippen molar-refractivity contribution in [1.82, 2.24) is 5.32 Å². The zero-order chi connectivity index (χ0) is 15.6. The molecule has 0 atom stereocenters. The molecule has 114 valence electrons. The summed E-state index contributed by atoms with van der Waals surface area (Å²) in [6, 6.07) is 5.97. The third kappa shape index (κ3) is 3.42. The predicted molar refractivity (Wildman–Crippen MR) is 83.8 cm³/mol. The van der Waals surface area contributed by atoms with Crippen molar-refractivity contribution in [2.45, 2.75) is 25.3 Å². The van der Waals surface area contributed by atoms with Gasteiger partial charge in [0, 0.05) is 21.9 Å². The average molecular weight is 328 g/mol. The molecular formula is C14H17FN2O2S2. The highest BCUT2D eigenvalue weighted by molar-refractivity contribution is 7.93. The normalized spacial score (nSPS) is 11.6. The maximum Gasteiger partial charge on any atom is 0.263 e. The Balaban J connectivity index is 2.36. The number of hydrogen-bond donors (Lipinski definition) is 2. The molecule has 2 rings (SSSR count). The molecule has 1 heterocycles. The molecule has 0 saturated carbocycles. The SMILES string of the molecule is CNCc1cc(S(=O)(=O)Nc2cccc(F)c2C)c(C)s1. The van der Waals surface area contributed by atoms with Crippen LogP contribution in [0, 0.1) is 19.7 Å². The van der Waals surface area contributed by atoms with Crippen LogP contribution in [0.25, 0.3) is 0 Å². The molecule has 0 aliphatic rings. The minimum absolute atomic E-state index is 0.237. The van der Waals surface area contributed by atoms with Crippen LogP contribution >= 0.6 is 11.3 Å². The molecule has 0 radical (unpaired) electrons. The van der Waals surface area contributed by atoms with E-state index in [1.54, 1.807) is 33.0 Å². The van der Waals surface area contributed by atoms with Gasteiger partial charge in [-0.3, -0.25) is 4.72 Å². The standard InChI is InChI=1S/C14H17FN2O2S2/c1-9-12(15)5-4-6-13(9)17-21(18,19)14-7-11(8-16-3)20-10(14)2/h4-7,16-17H,8H2,1-3H3. The molecule has 0 fully saturated rings. The van der Waals surface area contributed by atoms with Gasteiger partial charge in [-0.05, 0) is 39.1 Å². The molecule has 0 spiro atoms. The van der Waals surface area contributed by atoms with Gasteiger partial charge >= 0.3 is 0 Å². The first-order chi connectivity index (χ1) is 9.85. The van der Waals surface area contributed by atoms with E-state index in [9.17, 15) is 12.8 Å². The van der Waals surface area contributed by atoms with Crippen molar-refractivity contribution < 1.29 is 12.8 Å². The van der Waals surface area contributed by atoms with Crippen LogP contribution in [0.4, 0.5) is 10.1 Å². The van der Waals surface area contributed by atoms with E-state index in [2.05, 4.69) is 10.0 Å². The highest BCUT2D eigenvalue weighted by Crippen LogP contribution is 2.28. The molecule has 0 unspecified atom stereocenters. The summed E-state index contributed by atoms with van der Waals surface area (Å²) in [6.45, 7) is 3.91. The molecule has 0 saturated heterocycles. The van der Waals surface area contributed by atoms with Crippen molar-refractivity contribution in [3.63, 3.8) is 0 Å². The lowest BCUT2D eigenvalue weighted by Gasteiger charge is -2.10. The summed E-state index contributed by atoms with van der Waals surface area (Å²) in [7, 11) is -1.91. The van der Waals surface area contributed by atoms with Gasteiger partial charge in [0.2, 0.25) is 0 Å². The Kier molecular flexibility index (Phi) is 4.65. The fourth-order valence-corrected chi connectivity index (χ4v) is 4.74. The lowest BCUT2D eigenvalue weighted by Crippen LogP contribution is -2.14. The van der Waals surface area contributed by atoms with Crippen LogP contribution in [0.2, 0.25) is 0 Å². The molecule has 0 aliphatic heterocycles. The van der Waals surface area contributed by atoms with Gasteiger partial charge in [0.25, 0.3) is 10.0 Å². The molecule has 0 aliphatic carbocycles. The third-order valence-electron chi connectivity index (χ3n) is 3.08. The van der Waals surface area contributed by atoms with E-state index < -0.39 is 15.8 Å². The van der Waals surface area contributed by atoms with Gasteiger partial charge in [0.1, 0.15) is 10.7 Å². The first kappa shape index (κ1) is 15.9. The van der Waals surface area contributed by atoms with E-state index in [0.717, 1.165) is 4.88 Å². The van der Waals surface area contributed by atoms with Gasteiger partial charge in [0.15, 0.2) is 0 Å². The van der Waals surface area contributed by atoms with Crippen LogP contribution in [0.5, 0.6) is 0 Å². The Hall–Kier alpha value is -1.44. The van der Waals surface area contributed by atoms with Crippen LogP contribution in [0.15, 0.2) is 29.2 Å². The fraction of sp³-hybridized carbons (Fsp3) is 0.286. The van der Waals surface area contributed by atoms with Gasteiger partial charge in [-0.2, -0.15) is 0 Å². The molecular weight excluding hydrogens is 311 g/mol. The maximum absolute atomic E-state index is 13.5. The summed E-state index contributed by atoms with van der Waals surface area (Å²) < 4.78 is 40.9. The van der Waals surface area contributed by atoms with Crippen LogP contribution in [0.3, 0.4) is 0 Å². The number of anilines is 1. The molecule has 2 aromatic rings. The van der Waals surface area contributed by atoms with Gasteiger partial charge < -0.3 is 5.32 Å². The Morgan fingerprint density at radius 1 is 1.29 bits per heavy atom. The molecule has 7 heteroatoms. The first-order valence-electron chi connectivity index (χ1n) is 6.37. The number of rotatable bonds is 5. The van der Waals surface area contributed by atoms with Crippen LogP contribution in [-0.4, -0.2) is 15.5 Å². The van der Waals surface area contributed by atoms with Crippen molar-refractivity contribution in [3.05, 3.63) is 45.4 Å². The highest BCUT2D eigenvalue weighted by atomic mass is 32.2. The van der Waals surface area contributed by atoms with Gasteiger partial charge in [-0.15, -0.1) is 11.3 Å². The van der Waals surface area contributed by atoms with E-state index in [-0.39, 0.29) is 16.1 Å². The molecule has 4 nitrogen and oxygen atoms in total. The van der Waals surface area contributed by atoms with Crippen LogP contribution < -0.4 is 10.0 Å². The van der Waals surface area contributed by atoms with E-state index in [1.807, 2.05) is 0 Å². The Labute approximate surface area is 128 Å². The van der Waals surface area contributed by atoms with Crippen LogP contribution in [0.1, 0.15) is 15.3 Å². The summed E-state index contributed by atoms with van der Waals surface area (Å²) in [5.74, 6) is -0.437. The summed E-state index contributed by atoms with van der Waals surface area (Å²) in [5.41, 5.74) is 0.542. The van der Waals surface area contributed by atoms with Gasteiger partial charge in [-0.25, -0.2) is 12.8 Å². The number of hydrogen-bond acceptors (Lipinski definition) is 4. The predicted octanol–water partition coefficient (Wildman–Crippen LogP) is 3.02. The van der Waals surface area contributed by atoms with E-state index in [1.165, 1.54) is 23.5 Å². The maximum atomic E-state index is 13.5.